The predicted molar refractivity (Wildman–Crippen MR) is 64.0 cm³/mol. The van der Waals surface area contributed by atoms with Gasteiger partial charge in [-0.05, 0) is 25.1 Å². The highest BCUT2D eigenvalue weighted by Gasteiger charge is 2.37. The Bertz CT molecular complexity index is 192. The van der Waals surface area contributed by atoms with Crippen LogP contribution in [0.5, 0.6) is 0 Å². The molecular formula is C11H24O2Si. The molecule has 0 saturated heterocycles. The SMILES string of the molecule is CC(C=CCO)O[Si](C)(C)C(C)(C)C. The van der Waals surface area contributed by atoms with Crippen molar-refractivity contribution in [3.8, 4) is 0 Å². The lowest BCUT2D eigenvalue weighted by molar-refractivity contribution is 0.241. The van der Waals surface area contributed by atoms with Crippen LogP contribution in [0.2, 0.25) is 18.1 Å². The molecule has 0 bridgehead atoms. The minimum Gasteiger partial charge on any atom is -0.411 e. The standard InChI is InChI=1S/C11H24O2Si/c1-10(8-7-9-12)13-14(5,6)11(2,3)4/h7-8,10,12H,9H2,1-6H3. The van der Waals surface area contributed by atoms with Gasteiger partial charge in [0.05, 0.1) is 12.7 Å². The first kappa shape index (κ1) is 13.9. The highest BCUT2D eigenvalue weighted by Crippen LogP contribution is 2.37. The Balaban J connectivity index is 4.29. The van der Waals surface area contributed by atoms with E-state index in [9.17, 15) is 0 Å². The van der Waals surface area contributed by atoms with Crippen LogP contribution in [-0.4, -0.2) is 26.1 Å². The molecule has 0 spiro atoms. The van der Waals surface area contributed by atoms with Crippen LogP contribution in [0, 0.1) is 0 Å². The van der Waals surface area contributed by atoms with Gasteiger partial charge in [-0.3, -0.25) is 0 Å². The minimum absolute atomic E-state index is 0.0885. The lowest BCUT2D eigenvalue weighted by atomic mass is 10.2. The van der Waals surface area contributed by atoms with E-state index in [4.69, 9.17) is 9.53 Å². The van der Waals surface area contributed by atoms with Crippen LogP contribution < -0.4 is 0 Å². The lowest BCUT2D eigenvalue weighted by Crippen LogP contribution is -2.42. The first-order valence-corrected chi connectivity index (χ1v) is 8.07. The second-order valence-electron chi connectivity index (χ2n) is 5.19. The topological polar surface area (TPSA) is 29.5 Å². The summed E-state index contributed by atoms with van der Waals surface area (Å²) in [4.78, 5) is 0. The normalized spacial score (nSPS) is 16.2. The highest BCUT2D eigenvalue weighted by molar-refractivity contribution is 6.74. The molecule has 0 fully saturated rings. The molecule has 84 valence electrons. The molecule has 0 radical (unpaired) electrons. The number of rotatable bonds is 4. The van der Waals surface area contributed by atoms with Gasteiger partial charge in [-0.2, -0.15) is 0 Å². The molecule has 1 unspecified atom stereocenters. The fourth-order valence-electron chi connectivity index (χ4n) is 0.933. The van der Waals surface area contributed by atoms with E-state index in [1.165, 1.54) is 0 Å². The molecule has 2 nitrogen and oxygen atoms in total. The van der Waals surface area contributed by atoms with Crippen LogP contribution in [0.1, 0.15) is 27.7 Å². The minimum atomic E-state index is -1.65. The molecule has 1 N–H and O–H groups in total. The maximum atomic E-state index is 8.64. The zero-order valence-corrected chi connectivity index (χ0v) is 11.3. The van der Waals surface area contributed by atoms with Gasteiger partial charge in [0.15, 0.2) is 8.32 Å². The van der Waals surface area contributed by atoms with Crippen molar-refractivity contribution < 1.29 is 9.53 Å². The van der Waals surface area contributed by atoms with E-state index in [0.717, 1.165) is 0 Å². The summed E-state index contributed by atoms with van der Waals surface area (Å²) in [7, 11) is -1.65. The van der Waals surface area contributed by atoms with E-state index >= 15 is 0 Å². The zero-order chi connectivity index (χ0) is 11.4. The molecule has 0 saturated carbocycles. The Morgan fingerprint density at radius 1 is 1.36 bits per heavy atom. The largest absolute Gasteiger partial charge is 0.411 e. The van der Waals surface area contributed by atoms with Gasteiger partial charge >= 0.3 is 0 Å². The number of hydrogen-bond acceptors (Lipinski definition) is 2. The van der Waals surface area contributed by atoms with Crippen molar-refractivity contribution in [1.82, 2.24) is 0 Å². The molecule has 14 heavy (non-hydrogen) atoms. The van der Waals surface area contributed by atoms with Gasteiger partial charge in [-0.25, -0.2) is 0 Å². The number of hydrogen-bond donors (Lipinski definition) is 1. The van der Waals surface area contributed by atoms with Gasteiger partial charge in [0, 0.05) is 0 Å². The molecule has 0 aliphatic heterocycles. The molecule has 0 aromatic rings. The third kappa shape index (κ3) is 4.40. The van der Waals surface area contributed by atoms with Crippen molar-refractivity contribution in [3.63, 3.8) is 0 Å². The second kappa shape index (κ2) is 5.10. The maximum absolute atomic E-state index is 8.64. The Kier molecular flexibility index (Phi) is 5.05. The summed E-state index contributed by atoms with van der Waals surface area (Å²) in [6, 6.07) is 0. The summed E-state index contributed by atoms with van der Waals surface area (Å²) < 4.78 is 6.05. The molecule has 0 aliphatic rings. The van der Waals surface area contributed by atoms with Crippen molar-refractivity contribution in [2.45, 2.75) is 51.9 Å². The van der Waals surface area contributed by atoms with Gasteiger partial charge in [0.25, 0.3) is 0 Å². The third-order valence-corrected chi connectivity index (χ3v) is 7.37. The van der Waals surface area contributed by atoms with Crippen LogP contribution in [0.25, 0.3) is 0 Å². The van der Waals surface area contributed by atoms with E-state index in [2.05, 4.69) is 33.9 Å². The zero-order valence-electron chi connectivity index (χ0n) is 10.3. The van der Waals surface area contributed by atoms with Gasteiger partial charge < -0.3 is 9.53 Å². The van der Waals surface area contributed by atoms with Crippen molar-refractivity contribution in [1.29, 1.82) is 0 Å². The summed E-state index contributed by atoms with van der Waals surface area (Å²) in [5.74, 6) is 0. The third-order valence-electron chi connectivity index (χ3n) is 2.80. The Morgan fingerprint density at radius 2 is 1.86 bits per heavy atom. The molecule has 3 heteroatoms. The van der Waals surface area contributed by atoms with Crippen LogP contribution in [-0.2, 0) is 4.43 Å². The molecule has 0 rings (SSSR count). The molecule has 0 amide bonds. The van der Waals surface area contributed by atoms with Crippen LogP contribution in [0.3, 0.4) is 0 Å². The average molecular weight is 216 g/mol. The second-order valence-corrected chi connectivity index (χ2v) is 9.95. The molecule has 1 atom stereocenters. The van der Waals surface area contributed by atoms with Crippen molar-refractivity contribution in [2.24, 2.45) is 0 Å². The summed E-state index contributed by atoms with van der Waals surface area (Å²) in [5, 5.41) is 8.89. The van der Waals surface area contributed by atoms with E-state index in [1.807, 2.05) is 13.0 Å². The summed E-state index contributed by atoms with van der Waals surface area (Å²) >= 11 is 0. The quantitative estimate of drug-likeness (QED) is 0.578. The summed E-state index contributed by atoms with van der Waals surface area (Å²) in [6.45, 7) is 13.2. The van der Waals surface area contributed by atoms with Crippen LogP contribution in [0.4, 0.5) is 0 Å². The van der Waals surface area contributed by atoms with Gasteiger partial charge in [0.1, 0.15) is 0 Å². The van der Waals surface area contributed by atoms with Gasteiger partial charge in [-0.1, -0.05) is 32.9 Å². The average Bonchev–Trinajstić information content (AvgIpc) is 1.97. The van der Waals surface area contributed by atoms with Crippen LogP contribution >= 0.6 is 0 Å². The van der Waals surface area contributed by atoms with E-state index < -0.39 is 8.32 Å². The Labute approximate surface area is 89.1 Å². The summed E-state index contributed by atoms with van der Waals surface area (Å²) in [5.41, 5.74) is 0. The number of aliphatic hydroxyl groups excluding tert-OH is 1. The Hall–Kier alpha value is -0.123. The van der Waals surface area contributed by atoms with E-state index in [0.29, 0.717) is 0 Å². The molecule has 0 aromatic heterocycles. The lowest BCUT2D eigenvalue weighted by Gasteiger charge is -2.37. The molecule has 0 aliphatic carbocycles. The van der Waals surface area contributed by atoms with Crippen molar-refractivity contribution in [3.05, 3.63) is 12.2 Å². The predicted octanol–water partition coefficient (Wildman–Crippen LogP) is 2.95. The maximum Gasteiger partial charge on any atom is 0.192 e. The first-order valence-electron chi connectivity index (χ1n) is 5.16. The van der Waals surface area contributed by atoms with Crippen molar-refractivity contribution in [2.75, 3.05) is 6.61 Å². The van der Waals surface area contributed by atoms with Gasteiger partial charge in [0.2, 0.25) is 0 Å². The fraction of sp³-hybridized carbons (Fsp3) is 0.818. The monoisotopic (exact) mass is 216 g/mol. The first-order chi connectivity index (χ1) is 6.20. The van der Waals surface area contributed by atoms with Gasteiger partial charge in [-0.15, -0.1) is 0 Å². The Morgan fingerprint density at radius 3 is 2.21 bits per heavy atom. The summed E-state index contributed by atoms with van der Waals surface area (Å²) in [6.07, 6.45) is 3.75. The molecule has 0 heterocycles. The molecule has 0 aromatic carbocycles. The van der Waals surface area contributed by atoms with Crippen LogP contribution in [0.15, 0.2) is 12.2 Å². The fourth-order valence-corrected chi connectivity index (χ4v) is 2.29. The van der Waals surface area contributed by atoms with Crippen molar-refractivity contribution >= 4 is 8.32 Å². The number of aliphatic hydroxyl groups is 1. The molecular weight excluding hydrogens is 192 g/mol. The van der Waals surface area contributed by atoms with E-state index in [-0.39, 0.29) is 17.7 Å². The van der Waals surface area contributed by atoms with E-state index in [1.54, 1.807) is 6.08 Å². The smallest absolute Gasteiger partial charge is 0.192 e. The highest BCUT2D eigenvalue weighted by atomic mass is 28.4.